The quantitative estimate of drug-likeness (QED) is 0.296. The van der Waals surface area contributed by atoms with Crippen molar-refractivity contribution >= 4 is 21.8 Å². The smallest absolute Gasteiger partial charge is 0.130 e. The summed E-state index contributed by atoms with van der Waals surface area (Å²) in [5.74, 6) is 1.79. The standard InChI is InChI=1S/C24H32N2O2/c1-5-7-9-13-27-21-15-17(3)25-23-19(21)11-12-20-22(28-14-10-8-6-2)16-18(4)26-24(20)23/h11-12,15-16H,5-10,13-14H2,1-4H3. The maximum Gasteiger partial charge on any atom is 0.130 e. The second kappa shape index (κ2) is 9.72. The van der Waals surface area contributed by atoms with Gasteiger partial charge >= 0.3 is 0 Å². The SMILES string of the molecule is CCCCCOc1cc(C)nc2c1ccc1c(OCCCCC)cc(C)nc12. The lowest BCUT2D eigenvalue weighted by molar-refractivity contribution is 0.309. The van der Waals surface area contributed by atoms with Crippen molar-refractivity contribution in [2.75, 3.05) is 13.2 Å². The van der Waals surface area contributed by atoms with Crippen LogP contribution in [0, 0.1) is 13.8 Å². The molecule has 0 bridgehead atoms. The van der Waals surface area contributed by atoms with Crippen molar-refractivity contribution in [3.63, 3.8) is 0 Å². The largest absolute Gasteiger partial charge is 0.493 e. The van der Waals surface area contributed by atoms with Crippen LogP contribution in [0.3, 0.4) is 0 Å². The van der Waals surface area contributed by atoms with Gasteiger partial charge in [-0.05, 0) is 38.8 Å². The van der Waals surface area contributed by atoms with E-state index in [-0.39, 0.29) is 0 Å². The summed E-state index contributed by atoms with van der Waals surface area (Å²) >= 11 is 0. The number of benzene rings is 1. The Labute approximate surface area is 168 Å². The van der Waals surface area contributed by atoms with Crippen LogP contribution in [0.4, 0.5) is 0 Å². The maximum atomic E-state index is 6.10. The van der Waals surface area contributed by atoms with Crippen LogP contribution in [0.25, 0.3) is 21.8 Å². The number of hydrogen-bond donors (Lipinski definition) is 0. The zero-order valence-electron chi connectivity index (χ0n) is 17.7. The molecule has 150 valence electrons. The van der Waals surface area contributed by atoms with E-state index in [4.69, 9.17) is 19.4 Å². The van der Waals surface area contributed by atoms with Crippen LogP contribution in [0.1, 0.15) is 63.8 Å². The molecule has 2 heterocycles. The second-order valence-electron chi connectivity index (χ2n) is 7.49. The highest BCUT2D eigenvalue weighted by atomic mass is 16.5. The molecule has 0 N–H and O–H groups in total. The van der Waals surface area contributed by atoms with Crippen LogP contribution in [-0.2, 0) is 0 Å². The van der Waals surface area contributed by atoms with Crippen molar-refractivity contribution < 1.29 is 9.47 Å². The second-order valence-corrected chi connectivity index (χ2v) is 7.49. The molecular formula is C24H32N2O2. The zero-order valence-corrected chi connectivity index (χ0v) is 17.7. The van der Waals surface area contributed by atoms with Crippen molar-refractivity contribution in [3.05, 3.63) is 35.7 Å². The predicted octanol–water partition coefficient (Wildman–Crippen LogP) is 6.54. The molecule has 0 amide bonds. The highest BCUT2D eigenvalue weighted by molar-refractivity contribution is 6.07. The fraction of sp³-hybridized carbons (Fsp3) is 0.500. The number of rotatable bonds is 10. The Bertz CT molecular complexity index is 860. The van der Waals surface area contributed by atoms with Gasteiger partial charge in [-0.2, -0.15) is 0 Å². The highest BCUT2D eigenvalue weighted by Crippen LogP contribution is 2.34. The fourth-order valence-electron chi connectivity index (χ4n) is 3.46. The fourth-order valence-corrected chi connectivity index (χ4v) is 3.46. The number of aromatic nitrogens is 2. The number of fused-ring (bicyclic) bond motifs is 3. The average molecular weight is 381 g/mol. The van der Waals surface area contributed by atoms with Crippen LogP contribution in [-0.4, -0.2) is 23.2 Å². The molecule has 3 rings (SSSR count). The van der Waals surface area contributed by atoms with E-state index in [0.717, 1.165) is 70.7 Å². The minimum absolute atomic E-state index is 0.734. The van der Waals surface area contributed by atoms with Crippen molar-refractivity contribution in [2.24, 2.45) is 0 Å². The molecule has 0 radical (unpaired) electrons. The minimum atomic E-state index is 0.734. The van der Waals surface area contributed by atoms with Gasteiger partial charge in [-0.3, -0.25) is 9.97 Å². The van der Waals surface area contributed by atoms with Gasteiger partial charge < -0.3 is 9.47 Å². The van der Waals surface area contributed by atoms with Crippen molar-refractivity contribution in [2.45, 2.75) is 66.2 Å². The number of nitrogens with zero attached hydrogens (tertiary/aromatic N) is 2. The summed E-state index contributed by atoms with van der Waals surface area (Å²) in [6.45, 7) is 9.89. The predicted molar refractivity (Wildman–Crippen MR) is 117 cm³/mol. The molecule has 0 saturated heterocycles. The molecule has 0 aliphatic heterocycles. The summed E-state index contributed by atoms with van der Waals surface area (Å²) in [6.07, 6.45) is 6.89. The van der Waals surface area contributed by atoms with Gasteiger partial charge in [0.2, 0.25) is 0 Å². The van der Waals surface area contributed by atoms with Crippen LogP contribution < -0.4 is 9.47 Å². The topological polar surface area (TPSA) is 44.2 Å². The van der Waals surface area contributed by atoms with Gasteiger partial charge in [-0.1, -0.05) is 39.5 Å². The molecule has 0 fully saturated rings. The first-order chi connectivity index (χ1) is 13.6. The molecule has 0 unspecified atom stereocenters. The summed E-state index contributed by atoms with van der Waals surface area (Å²) in [4.78, 5) is 9.61. The van der Waals surface area contributed by atoms with Crippen molar-refractivity contribution in [1.29, 1.82) is 0 Å². The number of aryl methyl sites for hydroxylation is 2. The Morgan fingerprint density at radius 3 is 1.50 bits per heavy atom. The molecule has 28 heavy (non-hydrogen) atoms. The Hall–Kier alpha value is -2.36. The zero-order chi connectivity index (χ0) is 19.9. The normalized spacial score (nSPS) is 11.3. The van der Waals surface area contributed by atoms with E-state index in [2.05, 4.69) is 26.0 Å². The van der Waals surface area contributed by atoms with E-state index in [0.29, 0.717) is 0 Å². The first kappa shape index (κ1) is 20.4. The first-order valence-corrected chi connectivity index (χ1v) is 10.6. The van der Waals surface area contributed by atoms with E-state index < -0.39 is 0 Å². The van der Waals surface area contributed by atoms with Crippen molar-refractivity contribution in [1.82, 2.24) is 9.97 Å². The molecule has 0 spiro atoms. The van der Waals surface area contributed by atoms with E-state index in [9.17, 15) is 0 Å². The molecule has 4 nitrogen and oxygen atoms in total. The molecular weight excluding hydrogens is 348 g/mol. The summed E-state index contributed by atoms with van der Waals surface area (Å²) < 4.78 is 12.2. The summed E-state index contributed by atoms with van der Waals surface area (Å²) in [5, 5.41) is 2.04. The van der Waals surface area contributed by atoms with E-state index in [1.807, 2.05) is 26.0 Å². The summed E-state index contributed by atoms with van der Waals surface area (Å²) in [5.41, 5.74) is 3.67. The maximum absolute atomic E-state index is 6.10. The average Bonchev–Trinajstić information content (AvgIpc) is 2.68. The lowest BCUT2D eigenvalue weighted by Crippen LogP contribution is -2.01. The molecule has 0 saturated carbocycles. The molecule has 0 aliphatic rings. The van der Waals surface area contributed by atoms with Gasteiger partial charge in [0.05, 0.1) is 13.2 Å². The lowest BCUT2D eigenvalue weighted by atomic mass is 10.1. The van der Waals surface area contributed by atoms with Gasteiger partial charge in [-0.15, -0.1) is 0 Å². The minimum Gasteiger partial charge on any atom is -0.493 e. The van der Waals surface area contributed by atoms with Crippen LogP contribution in [0.2, 0.25) is 0 Å². The van der Waals surface area contributed by atoms with Crippen molar-refractivity contribution in [3.8, 4) is 11.5 Å². The van der Waals surface area contributed by atoms with Crippen LogP contribution in [0.15, 0.2) is 24.3 Å². The first-order valence-electron chi connectivity index (χ1n) is 10.6. The Kier molecular flexibility index (Phi) is 7.07. The number of ether oxygens (including phenoxy) is 2. The molecule has 4 heteroatoms. The van der Waals surface area contributed by atoms with Gasteiger partial charge in [0.25, 0.3) is 0 Å². The van der Waals surface area contributed by atoms with Gasteiger partial charge in [-0.25, -0.2) is 0 Å². The van der Waals surface area contributed by atoms with E-state index in [1.54, 1.807) is 0 Å². The Morgan fingerprint density at radius 1 is 0.679 bits per heavy atom. The molecule has 3 aromatic rings. The van der Waals surface area contributed by atoms with Gasteiger partial charge in [0.1, 0.15) is 22.5 Å². The lowest BCUT2D eigenvalue weighted by Gasteiger charge is -2.14. The Morgan fingerprint density at radius 2 is 1.11 bits per heavy atom. The third kappa shape index (κ3) is 4.73. The molecule has 2 aromatic heterocycles. The van der Waals surface area contributed by atoms with Crippen LogP contribution >= 0.6 is 0 Å². The van der Waals surface area contributed by atoms with Gasteiger partial charge in [0, 0.05) is 34.3 Å². The summed E-state index contributed by atoms with van der Waals surface area (Å²) in [7, 11) is 0. The highest BCUT2D eigenvalue weighted by Gasteiger charge is 2.13. The molecule has 0 atom stereocenters. The molecule has 1 aromatic carbocycles. The number of hydrogen-bond acceptors (Lipinski definition) is 4. The monoisotopic (exact) mass is 380 g/mol. The third-order valence-electron chi connectivity index (χ3n) is 4.95. The Balaban J connectivity index is 2.00. The third-order valence-corrected chi connectivity index (χ3v) is 4.95. The van der Waals surface area contributed by atoms with Gasteiger partial charge in [0.15, 0.2) is 0 Å². The van der Waals surface area contributed by atoms with E-state index in [1.165, 1.54) is 25.7 Å². The summed E-state index contributed by atoms with van der Waals surface area (Å²) in [6, 6.07) is 8.24. The number of unbranched alkanes of at least 4 members (excludes halogenated alkanes) is 4. The van der Waals surface area contributed by atoms with E-state index >= 15 is 0 Å². The molecule has 0 aliphatic carbocycles. The van der Waals surface area contributed by atoms with Crippen LogP contribution in [0.5, 0.6) is 11.5 Å². The number of pyridine rings is 2.